The van der Waals surface area contributed by atoms with Gasteiger partial charge in [0.1, 0.15) is 0 Å². The predicted molar refractivity (Wildman–Crippen MR) is 68.9 cm³/mol. The topological polar surface area (TPSA) is 56.0 Å². The molecule has 0 aliphatic heterocycles. The molecule has 17 heavy (non-hydrogen) atoms. The molecule has 1 heterocycles. The van der Waals surface area contributed by atoms with Crippen LogP contribution in [-0.4, -0.2) is 16.8 Å². The number of hydrogen-bond acceptors (Lipinski definition) is 3. The molecule has 2 N–H and O–H groups in total. The monoisotopic (exact) mass is 226 g/mol. The summed E-state index contributed by atoms with van der Waals surface area (Å²) >= 11 is 0. The van der Waals surface area contributed by atoms with Gasteiger partial charge in [-0.05, 0) is 30.7 Å². The van der Waals surface area contributed by atoms with E-state index in [0.717, 1.165) is 10.9 Å². The summed E-state index contributed by atoms with van der Waals surface area (Å²) in [6.07, 6.45) is 3.88. The van der Waals surface area contributed by atoms with Crippen LogP contribution in [0.3, 0.4) is 0 Å². The number of fused-ring (bicyclic) bond motifs is 1. The van der Waals surface area contributed by atoms with Crippen molar-refractivity contribution in [2.24, 2.45) is 5.73 Å². The number of rotatable bonds is 4. The zero-order valence-corrected chi connectivity index (χ0v) is 9.47. The SMILES string of the molecule is C=CCC(N)C(=O)c1ccc2ncccc2c1. The van der Waals surface area contributed by atoms with Gasteiger partial charge in [0, 0.05) is 17.1 Å². The summed E-state index contributed by atoms with van der Waals surface area (Å²) < 4.78 is 0. The van der Waals surface area contributed by atoms with E-state index in [0.29, 0.717) is 12.0 Å². The van der Waals surface area contributed by atoms with E-state index in [9.17, 15) is 4.79 Å². The van der Waals surface area contributed by atoms with Gasteiger partial charge in [0.15, 0.2) is 5.78 Å². The van der Waals surface area contributed by atoms with Crippen LogP contribution in [0.15, 0.2) is 49.2 Å². The molecule has 0 fully saturated rings. The molecule has 3 heteroatoms. The first kappa shape index (κ1) is 11.5. The van der Waals surface area contributed by atoms with Crippen molar-refractivity contribution in [2.75, 3.05) is 0 Å². The fraction of sp³-hybridized carbons (Fsp3) is 0.143. The second-order valence-corrected chi connectivity index (χ2v) is 3.91. The zero-order chi connectivity index (χ0) is 12.3. The van der Waals surface area contributed by atoms with Crippen molar-refractivity contribution in [1.29, 1.82) is 0 Å². The largest absolute Gasteiger partial charge is 0.321 e. The summed E-state index contributed by atoms with van der Waals surface area (Å²) in [5, 5.41) is 0.948. The second-order valence-electron chi connectivity index (χ2n) is 3.91. The lowest BCUT2D eigenvalue weighted by molar-refractivity contribution is 0.0962. The highest BCUT2D eigenvalue weighted by Crippen LogP contribution is 2.15. The highest BCUT2D eigenvalue weighted by molar-refractivity contribution is 6.02. The number of Topliss-reactive ketones (excluding diaryl/α,β-unsaturated/α-hetero) is 1. The Bertz CT molecular complexity index is 563. The Balaban J connectivity index is 2.36. The van der Waals surface area contributed by atoms with E-state index < -0.39 is 6.04 Å². The smallest absolute Gasteiger partial charge is 0.179 e. The van der Waals surface area contributed by atoms with Crippen molar-refractivity contribution in [3.05, 3.63) is 54.7 Å². The molecule has 0 bridgehead atoms. The highest BCUT2D eigenvalue weighted by Gasteiger charge is 2.14. The van der Waals surface area contributed by atoms with Crippen LogP contribution >= 0.6 is 0 Å². The molecule has 3 nitrogen and oxygen atoms in total. The van der Waals surface area contributed by atoms with Gasteiger partial charge in [0.2, 0.25) is 0 Å². The lowest BCUT2D eigenvalue weighted by atomic mass is 10.0. The van der Waals surface area contributed by atoms with Gasteiger partial charge >= 0.3 is 0 Å². The third kappa shape index (κ3) is 2.40. The molecule has 0 spiro atoms. The van der Waals surface area contributed by atoms with Crippen LogP contribution in [0.25, 0.3) is 10.9 Å². The lowest BCUT2D eigenvalue weighted by Gasteiger charge is -2.08. The number of nitrogens with two attached hydrogens (primary N) is 1. The lowest BCUT2D eigenvalue weighted by Crippen LogP contribution is -2.29. The maximum atomic E-state index is 12.0. The fourth-order valence-corrected chi connectivity index (χ4v) is 1.73. The summed E-state index contributed by atoms with van der Waals surface area (Å²) in [5.74, 6) is -0.0596. The van der Waals surface area contributed by atoms with Gasteiger partial charge in [-0.1, -0.05) is 12.1 Å². The molecule has 1 atom stereocenters. The number of aromatic nitrogens is 1. The average molecular weight is 226 g/mol. The van der Waals surface area contributed by atoms with Crippen molar-refractivity contribution < 1.29 is 4.79 Å². The number of pyridine rings is 1. The summed E-state index contributed by atoms with van der Waals surface area (Å²) in [5.41, 5.74) is 7.27. The van der Waals surface area contributed by atoms with Gasteiger partial charge in [0.25, 0.3) is 0 Å². The Morgan fingerprint density at radius 2 is 2.29 bits per heavy atom. The molecule has 0 amide bonds. The van der Waals surface area contributed by atoms with Crippen LogP contribution in [0.1, 0.15) is 16.8 Å². The Hall–Kier alpha value is -2.00. The van der Waals surface area contributed by atoms with Crippen molar-refractivity contribution in [3.8, 4) is 0 Å². The maximum Gasteiger partial charge on any atom is 0.179 e. The molecule has 0 saturated carbocycles. The van der Waals surface area contributed by atoms with E-state index in [2.05, 4.69) is 11.6 Å². The minimum atomic E-state index is -0.512. The standard InChI is InChI=1S/C14H14N2O/c1-2-4-12(15)14(17)11-6-7-13-10(9-11)5-3-8-16-13/h2-3,5-9,12H,1,4,15H2. The molecule has 1 aromatic heterocycles. The number of ketones is 1. The second kappa shape index (κ2) is 4.89. The van der Waals surface area contributed by atoms with Gasteiger partial charge in [-0.25, -0.2) is 0 Å². The van der Waals surface area contributed by atoms with Gasteiger partial charge in [0.05, 0.1) is 11.6 Å². The average Bonchev–Trinajstić information content (AvgIpc) is 2.37. The summed E-state index contributed by atoms with van der Waals surface area (Å²) in [6.45, 7) is 3.58. The van der Waals surface area contributed by atoms with Crippen molar-refractivity contribution in [3.63, 3.8) is 0 Å². The van der Waals surface area contributed by atoms with Crippen molar-refractivity contribution in [1.82, 2.24) is 4.98 Å². The Morgan fingerprint density at radius 3 is 3.06 bits per heavy atom. The van der Waals surface area contributed by atoms with Crippen LogP contribution < -0.4 is 5.73 Å². The molecule has 1 unspecified atom stereocenters. The van der Waals surface area contributed by atoms with E-state index in [1.807, 2.05) is 24.3 Å². The number of nitrogens with zero attached hydrogens (tertiary/aromatic N) is 1. The molecular formula is C14H14N2O. The quantitative estimate of drug-likeness (QED) is 0.643. The van der Waals surface area contributed by atoms with E-state index in [1.165, 1.54) is 0 Å². The van der Waals surface area contributed by atoms with Crippen molar-refractivity contribution in [2.45, 2.75) is 12.5 Å². The Labute approximate surface area is 100.0 Å². The van der Waals surface area contributed by atoms with Crippen LogP contribution in [0, 0.1) is 0 Å². The van der Waals surface area contributed by atoms with Crippen molar-refractivity contribution >= 4 is 16.7 Å². The number of hydrogen-bond donors (Lipinski definition) is 1. The first-order valence-electron chi connectivity index (χ1n) is 5.48. The third-order valence-corrected chi connectivity index (χ3v) is 2.64. The van der Waals surface area contributed by atoms with Crippen LogP contribution in [0.5, 0.6) is 0 Å². The van der Waals surface area contributed by atoms with Gasteiger partial charge < -0.3 is 5.73 Å². The Morgan fingerprint density at radius 1 is 1.47 bits per heavy atom. The van der Waals surface area contributed by atoms with Crippen LogP contribution in [0.4, 0.5) is 0 Å². The molecular weight excluding hydrogens is 212 g/mol. The summed E-state index contributed by atoms with van der Waals surface area (Å²) in [6, 6.07) is 8.69. The third-order valence-electron chi connectivity index (χ3n) is 2.64. The van der Waals surface area contributed by atoms with E-state index in [4.69, 9.17) is 5.73 Å². The fourth-order valence-electron chi connectivity index (χ4n) is 1.73. The molecule has 0 aliphatic rings. The van der Waals surface area contributed by atoms with E-state index in [1.54, 1.807) is 18.3 Å². The minimum Gasteiger partial charge on any atom is -0.321 e. The summed E-state index contributed by atoms with van der Waals surface area (Å²) in [7, 11) is 0. The first-order valence-corrected chi connectivity index (χ1v) is 5.48. The number of carbonyl (C=O) groups excluding carboxylic acids is 1. The number of carbonyl (C=O) groups is 1. The molecule has 2 aromatic rings. The van der Waals surface area contributed by atoms with Crippen LogP contribution in [0.2, 0.25) is 0 Å². The summed E-state index contributed by atoms with van der Waals surface area (Å²) in [4.78, 5) is 16.2. The maximum absolute atomic E-state index is 12.0. The molecule has 1 aromatic carbocycles. The minimum absolute atomic E-state index is 0.0596. The van der Waals surface area contributed by atoms with E-state index in [-0.39, 0.29) is 5.78 Å². The molecule has 2 rings (SSSR count). The molecule has 0 radical (unpaired) electrons. The van der Waals surface area contributed by atoms with E-state index >= 15 is 0 Å². The highest BCUT2D eigenvalue weighted by atomic mass is 16.1. The zero-order valence-electron chi connectivity index (χ0n) is 9.47. The molecule has 0 saturated heterocycles. The van der Waals surface area contributed by atoms with Gasteiger partial charge in [-0.15, -0.1) is 6.58 Å². The number of benzene rings is 1. The van der Waals surface area contributed by atoms with Gasteiger partial charge in [-0.3, -0.25) is 9.78 Å². The Kier molecular flexibility index (Phi) is 3.30. The van der Waals surface area contributed by atoms with Gasteiger partial charge in [-0.2, -0.15) is 0 Å². The first-order chi connectivity index (χ1) is 8.22. The van der Waals surface area contributed by atoms with Crippen LogP contribution in [-0.2, 0) is 0 Å². The molecule has 86 valence electrons. The normalized spacial score (nSPS) is 12.3. The predicted octanol–water partition coefficient (Wildman–Crippen LogP) is 2.32. The molecule has 0 aliphatic carbocycles.